The van der Waals surface area contributed by atoms with Gasteiger partial charge in [0, 0.05) is 40.1 Å². The highest BCUT2D eigenvalue weighted by Gasteiger charge is 2.19. The van der Waals surface area contributed by atoms with Crippen molar-refractivity contribution in [3.8, 4) is 0 Å². The van der Waals surface area contributed by atoms with Gasteiger partial charge in [0.15, 0.2) is 0 Å². The number of hydrogen-bond acceptors (Lipinski definition) is 1. The molecule has 0 radical (unpaired) electrons. The summed E-state index contributed by atoms with van der Waals surface area (Å²) in [5.74, 6) is 0. The Balaban J connectivity index is 2.28. The SMILES string of the molecule is NC1Cc2cc3cc(Br)ccc3n2C1. The van der Waals surface area contributed by atoms with Crippen LogP contribution in [0.1, 0.15) is 5.69 Å². The predicted molar refractivity (Wildman–Crippen MR) is 61.3 cm³/mol. The number of benzene rings is 1. The number of rotatable bonds is 0. The molecule has 0 spiro atoms. The molecule has 0 bridgehead atoms. The van der Waals surface area contributed by atoms with Crippen molar-refractivity contribution in [3.05, 3.63) is 34.4 Å². The molecule has 2 aromatic rings. The third-order valence-electron chi connectivity index (χ3n) is 2.84. The maximum absolute atomic E-state index is 5.92. The zero-order valence-electron chi connectivity index (χ0n) is 7.70. The molecule has 1 atom stereocenters. The van der Waals surface area contributed by atoms with Crippen LogP contribution in [0.4, 0.5) is 0 Å². The number of nitrogens with two attached hydrogens (primary N) is 1. The largest absolute Gasteiger partial charge is 0.343 e. The third kappa shape index (κ3) is 1.12. The molecular formula is C11H11BrN2. The molecule has 0 saturated heterocycles. The Labute approximate surface area is 90.8 Å². The van der Waals surface area contributed by atoms with Crippen molar-refractivity contribution in [1.82, 2.24) is 4.57 Å². The smallest absolute Gasteiger partial charge is 0.0483 e. The van der Waals surface area contributed by atoms with Crippen LogP contribution in [-0.4, -0.2) is 10.6 Å². The van der Waals surface area contributed by atoms with Crippen molar-refractivity contribution in [1.29, 1.82) is 0 Å². The first kappa shape index (κ1) is 8.50. The number of nitrogens with zero attached hydrogens (tertiary/aromatic N) is 1. The van der Waals surface area contributed by atoms with E-state index in [4.69, 9.17) is 5.73 Å². The second-order valence-corrected chi connectivity index (χ2v) is 4.83. The van der Waals surface area contributed by atoms with Gasteiger partial charge >= 0.3 is 0 Å². The topological polar surface area (TPSA) is 30.9 Å². The van der Waals surface area contributed by atoms with Gasteiger partial charge in [0.05, 0.1) is 0 Å². The van der Waals surface area contributed by atoms with E-state index < -0.39 is 0 Å². The minimum Gasteiger partial charge on any atom is -0.343 e. The van der Waals surface area contributed by atoms with Crippen LogP contribution in [0.2, 0.25) is 0 Å². The van der Waals surface area contributed by atoms with Crippen molar-refractivity contribution in [2.75, 3.05) is 0 Å². The molecule has 3 rings (SSSR count). The zero-order valence-corrected chi connectivity index (χ0v) is 9.29. The van der Waals surface area contributed by atoms with E-state index in [-0.39, 0.29) is 0 Å². The molecule has 0 aliphatic carbocycles. The normalized spacial score (nSPS) is 20.3. The fourth-order valence-corrected chi connectivity index (χ4v) is 2.63. The van der Waals surface area contributed by atoms with Crippen LogP contribution in [0.25, 0.3) is 10.9 Å². The van der Waals surface area contributed by atoms with Crippen LogP contribution < -0.4 is 5.73 Å². The molecule has 1 aromatic carbocycles. The number of halogens is 1. The zero-order chi connectivity index (χ0) is 9.71. The van der Waals surface area contributed by atoms with Crippen LogP contribution in [0, 0.1) is 0 Å². The van der Waals surface area contributed by atoms with Crippen molar-refractivity contribution in [2.24, 2.45) is 5.73 Å². The Morgan fingerprint density at radius 1 is 1.36 bits per heavy atom. The summed E-state index contributed by atoms with van der Waals surface area (Å²) in [6, 6.07) is 8.94. The average molecular weight is 251 g/mol. The van der Waals surface area contributed by atoms with E-state index in [0.717, 1.165) is 17.4 Å². The van der Waals surface area contributed by atoms with Crippen LogP contribution in [0.15, 0.2) is 28.7 Å². The highest BCUT2D eigenvalue weighted by Crippen LogP contribution is 2.27. The van der Waals surface area contributed by atoms with E-state index in [1.165, 1.54) is 16.6 Å². The number of fused-ring (bicyclic) bond motifs is 3. The second kappa shape index (κ2) is 2.84. The van der Waals surface area contributed by atoms with Crippen molar-refractivity contribution in [3.63, 3.8) is 0 Å². The summed E-state index contributed by atoms with van der Waals surface area (Å²) in [4.78, 5) is 0. The maximum Gasteiger partial charge on any atom is 0.0483 e. The molecule has 1 aliphatic rings. The van der Waals surface area contributed by atoms with Crippen LogP contribution in [-0.2, 0) is 13.0 Å². The highest BCUT2D eigenvalue weighted by molar-refractivity contribution is 9.10. The van der Waals surface area contributed by atoms with E-state index >= 15 is 0 Å². The monoisotopic (exact) mass is 250 g/mol. The summed E-state index contributed by atoms with van der Waals surface area (Å²) in [6.07, 6.45) is 1.01. The van der Waals surface area contributed by atoms with Gasteiger partial charge in [-0.05, 0) is 24.3 Å². The van der Waals surface area contributed by atoms with Gasteiger partial charge in [-0.1, -0.05) is 15.9 Å². The van der Waals surface area contributed by atoms with Crippen molar-refractivity contribution >= 4 is 26.8 Å². The minimum atomic E-state index is 0.304. The average Bonchev–Trinajstić information content (AvgIpc) is 2.59. The second-order valence-electron chi connectivity index (χ2n) is 3.91. The number of aromatic nitrogens is 1. The first-order valence-corrected chi connectivity index (χ1v) is 5.56. The lowest BCUT2D eigenvalue weighted by atomic mass is 10.2. The van der Waals surface area contributed by atoms with Gasteiger partial charge in [0.2, 0.25) is 0 Å². The Morgan fingerprint density at radius 2 is 2.21 bits per heavy atom. The summed E-state index contributed by atoms with van der Waals surface area (Å²) in [5, 5.41) is 1.31. The fraction of sp³-hybridized carbons (Fsp3) is 0.273. The van der Waals surface area contributed by atoms with Crippen molar-refractivity contribution in [2.45, 2.75) is 19.0 Å². The van der Waals surface area contributed by atoms with Crippen LogP contribution in [0.3, 0.4) is 0 Å². The summed E-state index contributed by atoms with van der Waals surface area (Å²) in [7, 11) is 0. The first-order valence-electron chi connectivity index (χ1n) is 4.77. The minimum absolute atomic E-state index is 0.304. The lowest BCUT2D eigenvalue weighted by molar-refractivity contribution is 0.652. The molecule has 1 aromatic heterocycles. The van der Waals surface area contributed by atoms with E-state index in [2.05, 4.69) is 44.8 Å². The predicted octanol–water partition coefficient (Wildman–Crippen LogP) is 2.29. The molecule has 0 saturated carbocycles. The summed E-state index contributed by atoms with van der Waals surface area (Å²) < 4.78 is 3.46. The highest BCUT2D eigenvalue weighted by atomic mass is 79.9. The molecule has 2 nitrogen and oxygen atoms in total. The lowest BCUT2D eigenvalue weighted by Crippen LogP contribution is -2.20. The fourth-order valence-electron chi connectivity index (χ4n) is 2.25. The van der Waals surface area contributed by atoms with Gasteiger partial charge in [-0.15, -0.1) is 0 Å². The molecule has 2 heterocycles. The Bertz CT molecular complexity index is 501. The Kier molecular flexibility index (Phi) is 1.73. The summed E-state index contributed by atoms with van der Waals surface area (Å²) in [6.45, 7) is 0.959. The standard InChI is InChI=1S/C11H11BrN2/c12-8-1-2-11-7(3-8)4-10-5-9(13)6-14(10)11/h1-4,9H,5-6,13H2. The summed E-state index contributed by atoms with van der Waals surface area (Å²) in [5.41, 5.74) is 8.59. The molecule has 0 fully saturated rings. The molecule has 72 valence electrons. The maximum atomic E-state index is 5.92. The Hall–Kier alpha value is -0.800. The van der Waals surface area contributed by atoms with Gasteiger partial charge in [0.1, 0.15) is 0 Å². The quantitative estimate of drug-likeness (QED) is 0.765. The molecule has 14 heavy (non-hydrogen) atoms. The van der Waals surface area contributed by atoms with Gasteiger partial charge in [-0.2, -0.15) is 0 Å². The van der Waals surface area contributed by atoms with Crippen LogP contribution in [0.5, 0.6) is 0 Å². The van der Waals surface area contributed by atoms with E-state index in [0.29, 0.717) is 6.04 Å². The van der Waals surface area contributed by atoms with E-state index in [1.807, 2.05) is 0 Å². The lowest BCUT2D eigenvalue weighted by Gasteiger charge is -2.02. The molecule has 3 heteroatoms. The molecule has 2 N–H and O–H groups in total. The van der Waals surface area contributed by atoms with Crippen molar-refractivity contribution < 1.29 is 0 Å². The molecular weight excluding hydrogens is 240 g/mol. The first-order chi connectivity index (χ1) is 6.74. The van der Waals surface area contributed by atoms with Gasteiger partial charge in [-0.25, -0.2) is 0 Å². The molecule has 1 aliphatic heterocycles. The van der Waals surface area contributed by atoms with Crippen LogP contribution >= 0.6 is 15.9 Å². The summed E-state index contributed by atoms with van der Waals surface area (Å²) >= 11 is 3.48. The molecule has 0 amide bonds. The van der Waals surface area contributed by atoms with Gasteiger partial charge < -0.3 is 10.3 Å². The Morgan fingerprint density at radius 3 is 3.07 bits per heavy atom. The van der Waals surface area contributed by atoms with E-state index in [1.54, 1.807) is 0 Å². The van der Waals surface area contributed by atoms with Gasteiger partial charge in [0.25, 0.3) is 0 Å². The number of hydrogen-bond donors (Lipinski definition) is 1. The van der Waals surface area contributed by atoms with E-state index in [9.17, 15) is 0 Å². The molecule has 1 unspecified atom stereocenters. The van der Waals surface area contributed by atoms with Gasteiger partial charge in [-0.3, -0.25) is 0 Å². The third-order valence-corrected chi connectivity index (χ3v) is 3.33.